The number of benzene rings is 1. The molecule has 1 aliphatic carbocycles. The Labute approximate surface area is 113 Å². The van der Waals surface area contributed by atoms with E-state index in [-0.39, 0.29) is 5.75 Å². The second-order valence-electron chi connectivity index (χ2n) is 4.76. The summed E-state index contributed by atoms with van der Waals surface area (Å²) in [6.07, 6.45) is 3.39. The molecule has 2 rings (SSSR count). The van der Waals surface area contributed by atoms with Gasteiger partial charge in [0.15, 0.2) is 11.6 Å². The predicted molar refractivity (Wildman–Crippen MR) is 72.0 cm³/mol. The first-order chi connectivity index (χ1) is 9.17. The van der Waals surface area contributed by atoms with Crippen LogP contribution in [0.1, 0.15) is 37.8 Å². The van der Waals surface area contributed by atoms with Crippen molar-refractivity contribution in [1.82, 2.24) is 4.90 Å². The molecule has 0 aliphatic heterocycles. The van der Waals surface area contributed by atoms with Gasteiger partial charge in [-0.05, 0) is 51.2 Å². The van der Waals surface area contributed by atoms with E-state index in [0.717, 1.165) is 36.8 Å². The lowest BCUT2D eigenvalue weighted by molar-refractivity contribution is 0.154. The van der Waals surface area contributed by atoms with Crippen LogP contribution in [0.2, 0.25) is 0 Å². The zero-order valence-electron chi connectivity index (χ0n) is 11.5. The predicted octanol–water partition coefficient (Wildman–Crippen LogP) is 3.55. The van der Waals surface area contributed by atoms with Crippen molar-refractivity contribution >= 4 is 6.09 Å². The maximum atomic E-state index is 13.9. The van der Waals surface area contributed by atoms with E-state index in [9.17, 15) is 9.18 Å². The summed E-state index contributed by atoms with van der Waals surface area (Å²) in [5.74, 6) is -0.310. The Morgan fingerprint density at radius 3 is 2.63 bits per heavy atom. The standard InChI is InChI=1S/C15H20FNO2/c1-3-17(4-2)15(18)19-14-12-8-6-5-7-11(12)9-10-13(14)16/h9-10H,3-8H2,1-2H3. The number of rotatable bonds is 3. The SMILES string of the molecule is CCN(CC)C(=O)Oc1c(F)ccc2c1CCCC2. The molecule has 1 aliphatic rings. The summed E-state index contributed by atoms with van der Waals surface area (Å²) in [6.45, 7) is 4.88. The minimum atomic E-state index is -0.470. The molecule has 3 nitrogen and oxygen atoms in total. The van der Waals surface area contributed by atoms with Crippen molar-refractivity contribution < 1.29 is 13.9 Å². The molecule has 0 radical (unpaired) electrons. The lowest BCUT2D eigenvalue weighted by Crippen LogP contribution is -2.33. The van der Waals surface area contributed by atoms with Crippen LogP contribution in [0.4, 0.5) is 9.18 Å². The highest BCUT2D eigenvalue weighted by atomic mass is 19.1. The molecule has 0 N–H and O–H groups in total. The van der Waals surface area contributed by atoms with Crippen LogP contribution < -0.4 is 4.74 Å². The minimum Gasteiger partial charge on any atom is -0.407 e. The molecule has 104 valence electrons. The molecule has 0 saturated heterocycles. The molecular formula is C15H20FNO2. The molecule has 0 spiro atoms. The zero-order valence-corrected chi connectivity index (χ0v) is 11.5. The lowest BCUT2D eigenvalue weighted by Gasteiger charge is -2.22. The smallest absolute Gasteiger partial charge is 0.407 e. The zero-order chi connectivity index (χ0) is 13.8. The number of fused-ring (bicyclic) bond motifs is 1. The molecule has 0 heterocycles. The number of carbonyl (C=O) groups is 1. The average molecular weight is 265 g/mol. The second-order valence-corrected chi connectivity index (χ2v) is 4.76. The Morgan fingerprint density at radius 1 is 1.26 bits per heavy atom. The highest BCUT2D eigenvalue weighted by Gasteiger charge is 2.21. The van der Waals surface area contributed by atoms with Gasteiger partial charge in [-0.3, -0.25) is 0 Å². The molecule has 0 aromatic heterocycles. The van der Waals surface area contributed by atoms with Gasteiger partial charge in [0.1, 0.15) is 0 Å². The molecule has 1 amide bonds. The normalized spacial score (nSPS) is 13.8. The van der Waals surface area contributed by atoms with Crippen LogP contribution in [0.25, 0.3) is 0 Å². The Morgan fingerprint density at radius 2 is 1.95 bits per heavy atom. The number of aryl methyl sites for hydroxylation is 1. The number of carbonyl (C=O) groups excluding carboxylic acids is 1. The van der Waals surface area contributed by atoms with E-state index < -0.39 is 11.9 Å². The van der Waals surface area contributed by atoms with Crippen LogP contribution in [0, 0.1) is 5.82 Å². The van der Waals surface area contributed by atoms with E-state index >= 15 is 0 Å². The largest absolute Gasteiger partial charge is 0.415 e. The molecule has 0 bridgehead atoms. The summed E-state index contributed by atoms with van der Waals surface area (Å²) in [4.78, 5) is 13.5. The van der Waals surface area contributed by atoms with E-state index in [4.69, 9.17) is 4.74 Å². The van der Waals surface area contributed by atoms with Crippen LogP contribution >= 0.6 is 0 Å². The Bertz CT molecular complexity index is 469. The molecule has 4 heteroatoms. The molecule has 0 unspecified atom stereocenters. The third kappa shape index (κ3) is 2.88. The second kappa shape index (κ2) is 6.04. The minimum absolute atomic E-state index is 0.133. The maximum absolute atomic E-state index is 13.9. The number of hydrogen-bond acceptors (Lipinski definition) is 2. The molecule has 0 fully saturated rings. The first-order valence-corrected chi connectivity index (χ1v) is 6.94. The lowest BCUT2D eigenvalue weighted by atomic mass is 9.91. The van der Waals surface area contributed by atoms with Crippen LogP contribution in [-0.2, 0) is 12.8 Å². The maximum Gasteiger partial charge on any atom is 0.415 e. The van der Waals surface area contributed by atoms with E-state index in [2.05, 4.69) is 0 Å². The third-order valence-electron chi connectivity index (χ3n) is 3.64. The van der Waals surface area contributed by atoms with Crippen molar-refractivity contribution in [3.63, 3.8) is 0 Å². The van der Waals surface area contributed by atoms with E-state index in [1.54, 1.807) is 11.0 Å². The summed E-state index contributed by atoms with van der Waals surface area (Å²) >= 11 is 0. The summed E-state index contributed by atoms with van der Waals surface area (Å²) in [5, 5.41) is 0. The summed E-state index contributed by atoms with van der Waals surface area (Å²) in [5.41, 5.74) is 1.97. The fraction of sp³-hybridized carbons (Fsp3) is 0.533. The van der Waals surface area contributed by atoms with Gasteiger partial charge in [0.05, 0.1) is 0 Å². The number of amides is 1. The third-order valence-corrected chi connectivity index (χ3v) is 3.64. The molecule has 1 aromatic carbocycles. The molecule has 1 aromatic rings. The number of halogens is 1. The Kier molecular flexibility index (Phi) is 4.40. The molecular weight excluding hydrogens is 245 g/mol. The van der Waals surface area contributed by atoms with Crippen molar-refractivity contribution in [2.75, 3.05) is 13.1 Å². The van der Waals surface area contributed by atoms with Crippen molar-refractivity contribution in [2.24, 2.45) is 0 Å². The van der Waals surface area contributed by atoms with Gasteiger partial charge in [-0.25, -0.2) is 9.18 Å². The van der Waals surface area contributed by atoms with Gasteiger partial charge in [0.25, 0.3) is 0 Å². The van der Waals surface area contributed by atoms with E-state index in [1.165, 1.54) is 6.07 Å². The van der Waals surface area contributed by atoms with Gasteiger partial charge in [-0.2, -0.15) is 0 Å². The molecule has 0 atom stereocenters. The van der Waals surface area contributed by atoms with E-state index in [1.807, 2.05) is 13.8 Å². The van der Waals surface area contributed by atoms with Gasteiger partial charge in [-0.15, -0.1) is 0 Å². The van der Waals surface area contributed by atoms with Crippen molar-refractivity contribution in [3.8, 4) is 5.75 Å². The van der Waals surface area contributed by atoms with Crippen molar-refractivity contribution in [3.05, 3.63) is 29.1 Å². The monoisotopic (exact) mass is 265 g/mol. The number of ether oxygens (including phenoxy) is 1. The van der Waals surface area contributed by atoms with Gasteiger partial charge >= 0.3 is 6.09 Å². The highest BCUT2D eigenvalue weighted by Crippen LogP contribution is 2.32. The summed E-state index contributed by atoms with van der Waals surface area (Å²) in [7, 11) is 0. The van der Waals surface area contributed by atoms with Crippen molar-refractivity contribution in [1.29, 1.82) is 0 Å². The highest BCUT2D eigenvalue weighted by molar-refractivity contribution is 5.71. The van der Waals surface area contributed by atoms with Crippen molar-refractivity contribution in [2.45, 2.75) is 39.5 Å². The summed E-state index contributed by atoms with van der Waals surface area (Å²) < 4.78 is 19.2. The van der Waals surface area contributed by atoms with Crippen LogP contribution in [0.5, 0.6) is 5.75 Å². The van der Waals surface area contributed by atoms with E-state index in [0.29, 0.717) is 13.1 Å². The Hall–Kier alpha value is -1.58. The molecule has 19 heavy (non-hydrogen) atoms. The van der Waals surface area contributed by atoms with Crippen LogP contribution in [0.3, 0.4) is 0 Å². The Balaban J connectivity index is 2.26. The first kappa shape index (κ1) is 13.8. The van der Waals surface area contributed by atoms with Crippen LogP contribution in [-0.4, -0.2) is 24.1 Å². The fourth-order valence-corrected chi connectivity index (χ4v) is 2.51. The number of hydrogen-bond donors (Lipinski definition) is 0. The van der Waals surface area contributed by atoms with Gasteiger partial charge < -0.3 is 9.64 Å². The first-order valence-electron chi connectivity index (χ1n) is 6.94. The molecule has 0 saturated carbocycles. The number of nitrogens with zero attached hydrogens (tertiary/aromatic N) is 1. The van der Waals surface area contributed by atoms with Gasteiger partial charge in [0.2, 0.25) is 0 Å². The topological polar surface area (TPSA) is 29.5 Å². The van der Waals surface area contributed by atoms with Gasteiger partial charge in [0, 0.05) is 18.7 Å². The quantitative estimate of drug-likeness (QED) is 0.836. The average Bonchev–Trinajstić information content (AvgIpc) is 2.43. The summed E-state index contributed by atoms with van der Waals surface area (Å²) in [6, 6.07) is 3.20. The fourth-order valence-electron chi connectivity index (χ4n) is 2.51. The van der Waals surface area contributed by atoms with Crippen LogP contribution in [0.15, 0.2) is 12.1 Å². The van der Waals surface area contributed by atoms with Gasteiger partial charge in [-0.1, -0.05) is 6.07 Å².